The first-order valence-corrected chi connectivity index (χ1v) is 8.53. The van der Waals surface area contributed by atoms with E-state index in [-0.39, 0.29) is 22.9 Å². The number of thioether (sulfide) groups is 1. The second-order valence-corrected chi connectivity index (χ2v) is 7.01. The number of nitro benzene ring substituents is 1. The van der Waals surface area contributed by atoms with Gasteiger partial charge < -0.3 is 5.32 Å². The lowest BCUT2D eigenvalue weighted by Crippen LogP contribution is -2.33. The van der Waals surface area contributed by atoms with E-state index in [1.54, 1.807) is 12.1 Å². The summed E-state index contributed by atoms with van der Waals surface area (Å²) in [5.74, 6) is -0.0610. The molecule has 0 heterocycles. The van der Waals surface area contributed by atoms with Crippen LogP contribution in [0.1, 0.15) is 31.0 Å². The van der Waals surface area contributed by atoms with E-state index < -0.39 is 4.92 Å². The molecule has 0 fully saturated rings. The van der Waals surface area contributed by atoms with Gasteiger partial charge in [0.1, 0.15) is 0 Å². The van der Waals surface area contributed by atoms with Gasteiger partial charge in [0.2, 0.25) is 5.91 Å². The Morgan fingerprint density at radius 3 is 2.33 bits per heavy atom. The largest absolute Gasteiger partial charge is 0.349 e. The van der Waals surface area contributed by atoms with Crippen LogP contribution in [0.25, 0.3) is 0 Å². The molecule has 1 amide bonds. The Morgan fingerprint density at radius 2 is 1.75 bits per heavy atom. The van der Waals surface area contributed by atoms with E-state index in [1.807, 2.05) is 45.0 Å². The first kappa shape index (κ1) is 18.0. The van der Waals surface area contributed by atoms with Gasteiger partial charge in [-0.1, -0.05) is 24.3 Å². The molecule has 0 radical (unpaired) electrons. The van der Waals surface area contributed by atoms with Gasteiger partial charge in [-0.25, -0.2) is 0 Å². The highest BCUT2D eigenvalue weighted by Crippen LogP contribution is 2.26. The summed E-state index contributed by atoms with van der Waals surface area (Å²) in [6.07, 6.45) is 0. The number of benzene rings is 2. The molecule has 0 aliphatic rings. The Hall–Kier alpha value is -2.34. The molecule has 0 aromatic heterocycles. The number of hydrogen-bond acceptors (Lipinski definition) is 4. The molecule has 2 rings (SSSR count). The molecule has 126 valence electrons. The third kappa shape index (κ3) is 4.58. The quantitative estimate of drug-likeness (QED) is 0.483. The van der Waals surface area contributed by atoms with Crippen molar-refractivity contribution >= 4 is 23.4 Å². The van der Waals surface area contributed by atoms with Crippen LogP contribution in [0.5, 0.6) is 0 Å². The summed E-state index contributed by atoms with van der Waals surface area (Å²) in [6, 6.07) is 14.1. The summed E-state index contributed by atoms with van der Waals surface area (Å²) >= 11 is 1.38. The topological polar surface area (TPSA) is 72.2 Å². The third-order valence-electron chi connectivity index (χ3n) is 3.74. The molecule has 2 aromatic rings. The molecule has 2 atom stereocenters. The maximum atomic E-state index is 12.4. The van der Waals surface area contributed by atoms with Crippen molar-refractivity contribution in [3.63, 3.8) is 0 Å². The summed E-state index contributed by atoms with van der Waals surface area (Å²) in [5.41, 5.74) is 2.28. The average Bonchev–Trinajstić information content (AvgIpc) is 2.55. The molecule has 0 saturated carbocycles. The summed E-state index contributed by atoms with van der Waals surface area (Å²) < 4.78 is 0. The predicted octanol–water partition coefficient (Wildman–Crippen LogP) is 4.26. The fourth-order valence-electron chi connectivity index (χ4n) is 2.39. The van der Waals surface area contributed by atoms with Crippen LogP contribution < -0.4 is 5.32 Å². The molecular formula is C18H20N2O3S. The second kappa shape index (κ2) is 7.97. The van der Waals surface area contributed by atoms with Crippen LogP contribution in [-0.2, 0) is 4.79 Å². The molecule has 0 bridgehead atoms. The molecule has 6 heteroatoms. The van der Waals surface area contributed by atoms with Crippen LogP contribution in [0.2, 0.25) is 0 Å². The van der Waals surface area contributed by atoms with Crippen LogP contribution in [0.3, 0.4) is 0 Å². The maximum Gasteiger partial charge on any atom is 0.269 e. The van der Waals surface area contributed by atoms with Crippen molar-refractivity contribution in [1.29, 1.82) is 0 Å². The molecule has 2 unspecified atom stereocenters. The Balaban J connectivity index is 1.97. The van der Waals surface area contributed by atoms with Gasteiger partial charge in [-0.3, -0.25) is 14.9 Å². The second-order valence-electron chi connectivity index (χ2n) is 5.60. The standard InChI is InChI=1S/C18H20N2O3S/c1-12-6-4-5-7-17(12)13(2)19-18(21)14(3)24-16-10-8-15(9-11-16)20(22)23/h4-11,13-14H,1-3H3,(H,19,21). The fraction of sp³-hybridized carbons (Fsp3) is 0.278. The minimum atomic E-state index is -0.436. The zero-order valence-electron chi connectivity index (χ0n) is 13.9. The molecule has 0 aliphatic carbocycles. The van der Waals surface area contributed by atoms with Crippen molar-refractivity contribution in [3.05, 3.63) is 69.8 Å². The highest BCUT2D eigenvalue weighted by Gasteiger charge is 2.18. The minimum Gasteiger partial charge on any atom is -0.349 e. The van der Waals surface area contributed by atoms with E-state index in [0.717, 1.165) is 16.0 Å². The van der Waals surface area contributed by atoms with E-state index in [1.165, 1.54) is 23.9 Å². The first-order valence-electron chi connectivity index (χ1n) is 7.65. The number of nitro groups is 1. The predicted molar refractivity (Wildman–Crippen MR) is 96.2 cm³/mol. The number of hydrogen-bond donors (Lipinski definition) is 1. The van der Waals surface area contributed by atoms with E-state index in [4.69, 9.17) is 0 Å². The number of carbonyl (C=O) groups excluding carboxylic acids is 1. The number of aryl methyl sites for hydroxylation is 1. The van der Waals surface area contributed by atoms with Crippen LogP contribution in [0, 0.1) is 17.0 Å². The number of non-ortho nitro benzene ring substituents is 1. The van der Waals surface area contributed by atoms with E-state index in [0.29, 0.717) is 0 Å². The van der Waals surface area contributed by atoms with Crippen molar-refractivity contribution < 1.29 is 9.72 Å². The Labute approximate surface area is 145 Å². The minimum absolute atomic E-state index is 0.0460. The summed E-state index contributed by atoms with van der Waals surface area (Å²) in [5, 5.41) is 13.4. The zero-order chi connectivity index (χ0) is 17.7. The lowest BCUT2D eigenvalue weighted by atomic mass is 10.0. The lowest BCUT2D eigenvalue weighted by molar-refractivity contribution is -0.384. The van der Waals surface area contributed by atoms with Crippen molar-refractivity contribution in [2.24, 2.45) is 0 Å². The molecule has 0 spiro atoms. The van der Waals surface area contributed by atoms with Crippen LogP contribution >= 0.6 is 11.8 Å². The zero-order valence-corrected chi connectivity index (χ0v) is 14.7. The van der Waals surface area contributed by atoms with Gasteiger partial charge >= 0.3 is 0 Å². The van der Waals surface area contributed by atoms with Gasteiger partial charge in [-0.2, -0.15) is 0 Å². The van der Waals surface area contributed by atoms with Crippen molar-refractivity contribution in [3.8, 4) is 0 Å². The van der Waals surface area contributed by atoms with Gasteiger partial charge in [0.05, 0.1) is 16.2 Å². The number of rotatable bonds is 6. The normalized spacial score (nSPS) is 13.1. The molecule has 1 N–H and O–H groups in total. The molecule has 24 heavy (non-hydrogen) atoms. The van der Waals surface area contributed by atoms with E-state index in [2.05, 4.69) is 5.32 Å². The number of nitrogens with zero attached hydrogens (tertiary/aromatic N) is 1. The Bertz CT molecular complexity index is 731. The van der Waals surface area contributed by atoms with Crippen LogP contribution in [0.15, 0.2) is 53.4 Å². The number of amides is 1. The molecule has 5 nitrogen and oxygen atoms in total. The highest BCUT2D eigenvalue weighted by molar-refractivity contribution is 8.00. The monoisotopic (exact) mass is 344 g/mol. The van der Waals surface area contributed by atoms with Gasteiger partial charge in [0.15, 0.2) is 0 Å². The fourth-order valence-corrected chi connectivity index (χ4v) is 3.26. The maximum absolute atomic E-state index is 12.4. The summed E-state index contributed by atoms with van der Waals surface area (Å²) in [6.45, 7) is 5.81. The highest BCUT2D eigenvalue weighted by atomic mass is 32.2. The molecular weight excluding hydrogens is 324 g/mol. The molecule has 0 aliphatic heterocycles. The summed E-state index contributed by atoms with van der Waals surface area (Å²) in [7, 11) is 0. The Kier molecular flexibility index (Phi) is 5.98. The van der Waals surface area contributed by atoms with Gasteiger partial charge in [-0.05, 0) is 44.0 Å². The lowest BCUT2D eigenvalue weighted by Gasteiger charge is -2.19. The van der Waals surface area contributed by atoms with Crippen molar-refractivity contribution in [2.45, 2.75) is 37.0 Å². The van der Waals surface area contributed by atoms with Crippen molar-refractivity contribution in [2.75, 3.05) is 0 Å². The average molecular weight is 344 g/mol. The van der Waals surface area contributed by atoms with E-state index in [9.17, 15) is 14.9 Å². The van der Waals surface area contributed by atoms with Gasteiger partial charge in [0, 0.05) is 17.0 Å². The summed E-state index contributed by atoms with van der Waals surface area (Å²) in [4.78, 5) is 23.4. The van der Waals surface area contributed by atoms with Crippen molar-refractivity contribution in [1.82, 2.24) is 5.32 Å². The van der Waals surface area contributed by atoms with Gasteiger partial charge in [0.25, 0.3) is 5.69 Å². The molecule has 0 saturated heterocycles. The number of carbonyl (C=O) groups is 1. The SMILES string of the molecule is Cc1ccccc1C(C)NC(=O)C(C)Sc1ccc([N+](=O)[O-])cc1. The molecule has 2 aromatic carbocycles. The third-order valence-corrected chi connectivity index (χ3v) is 4.86. The van der Waals surface area contributed by atoms with Crippen LogP contribution in [-0.4, -0.2) is 16.1 Å². The first-order chi connectivity index (χ1) is 11.4. The van der Waals surface area contributed by atoms with E-state index >= 15 is 0 Å². The van der Waals surface area contributed by atoms with Gasteiger partial charge in [-0.15, -0.1) is 11.8 Å². The smallest absolute Gasteiger partial charge is 0.269 e. The van der Waals surface area contributed by atoms with Crippen LogP contribution in [0.4, 0.5) is 5.69 Å². The number of nitrogens with one attached hydrogen (secondary N) is 1. The Morgan fingerprint density at radius 1 is 1.12 bits per heavy atom.